The molecule has 0 aliphatic carbocycles. The van der Waals surface area contributed by atoms with Crippen LogP contribution in [0.15, 0.2) is 55.0 Å². The predicted octanol–water partition coefficient (Wildman–Crippen LogP) is 3.99. The van der Waals surface area contributed by atoms with E-state index < -0.39 is 17.8 Å². The summed E-state index contributed by atoms with van der Waals surface area (Å²) in [5.74, 6) is 0.864. The minimum atomic E-state index is -4.47. The number of hydrogen-bond donors (Lipinski definition) is 1. The van der Waals surface area contributed by atoms with Crippen LogP contribution in [-0.2, 0) is 19.3 Å². The normalized spacial score (nSPS) is 16.6. The van der Waals surface area contributed by atoms with E-state index in [1.54, 1.807) is 30.2 Å². The molecule has 2 aromatic heterocycles. The Kier molecular flexibility index (Phi) is 5.49. The molecule has 1 atom stereocenters. The number of fused-ring (bicyclic) bond motifs is 1. The van der Waals surface area contributed by atoms with Crippen molar-refractivity contribution in [1.82, 2.24) is 29.2 Å². The number of hydrogen-bond acceptors (Lipinski definition) is 5. The predicted molar refractivity (Wildman–Crippen MR) is 119 cm³/mol. The summed E-state index contributed by atoms with van der Waals surface area (Å²) in [5.41, 5.74) is 2.46. The van der Waals surface area contributed by atoms with E-state index >= 15 is 0 Å². The average molecular weight is 468 g/mol. The molecule has 4 aromatic rings. The van der Waals surface area contributed by atoms with Crippen molar-refractivity contribution < 1.29 is 18.3 Å². The van der Waals surface area contributed by atoms with Crippen molar-refractivity contribution in [3.63, 3.8) is 0 Å². The Morgan fingerprint density at radius 3 is 2.62 bits per heavy atom. The fourth-order valence-electron chi connectivity index (χ4n) is 4.45. The minimum Gasteiger partial charge on any atom is -0.392 e. The molecule has 0 saturated heterocycles. The molecular formula is C24H23F3N6O. The zero-order valence-corrected chi connectivity index (χ0v) is 18.7. The number of aromatic nitrogens is 5. The van der Waals surface area contributed by atoms with Crippen molar-refractivity contribution in [2.75, 3.05) is 13.6 Å². The first kappa shape index (κ1) is 22.3. The van der Waals surface area contributed by atoms with Crippen LogP contribution in [0.4, 0.5) is 13.2 Å². The second-order valence-corrected chi connectivity index (χ2v) is 8.41. The standard InChI is InChI=1S/C24H23F3N6O/c1-15-12-32(14-28-15)20-8-7-16(11-17(20)13-34)22-29-23-21(31(2)9-10-33(23)30-22)18-5-3-4-6-19(18)24(25,26)27/h3-8,11-12,14,21,34H,9-10,13H2,1-2H3. The molecule has 0 spiro atoms. The quantitative estimate of drug-likeness (QED) is 0.491. The molecule has 2 aromatic carbocycles. The van der Waals surface area contributed by atoms with E-state index in [1.807, 2.05) is 34.7 Å². The van der Waals surface area contributed by atoms with Gasteiger partial charge in [-0.15, -0.1) is 0 Å². The van der Waals surface area contributed by atoms with Gasteiger partial charge in [0.25, 0.3) is 0 Å². The van der Waals surface area contributed by atoms with Crippen LogP contribution in [0.25, 0.3) is 17.1 Å². The summed E-state index contributed by atoms with van der Waals surface area (Å²) in [4.78, 5) is 10.8. The number of nitrogens with zero attached hydrogens (tertiary/aromatic N) is 6. The van der Waals surface area contributed by atoms with Crippen LogP contribution in [0.1, 0.15) is 34.3 Å². The van der Waals surface area contributed by atoms with Gasteiger partial charge in [-0.1, -0.05) is 18.2 Å². The summed E-state index contributed by atoms with van der Waals surface area (Å²) in [5, 5.41) is 14.6. The smallest absolute Gasteiger partial charge is 0.392 e. The van der Waals surface area contributed by atoms with E-state index in [0.29, 0.717) is 35.9 Å². The maximum Gasteiger partial charge on any atom is 0.416 e. The van der Waals surface area contributed by atoms with E-state index in [9.17, 15) is 18.3 Å². The van der Waals surface area contributed by atoms with E-state index in [-0.39, 0.29) is 12.2 Å². The van der Waals surface area contributed by atoms with Gasteiger partial charge in [-0.05, 0) is 43.8 Å². The number of rotatable bonds is 4. The van der Waals surface area contributed by atoms with Crippen LogP contribution in [0.3, 0.4) is 0 Å². The maximum atomic E-state index is 13.7. The van der Waals surface area contributed by atoms with Crippen molar-refractivity contribution in [2.45, 2.75) is 32.3 Å². The topological polar surface area (TPSA) is 72.0 Å². The molecule has 0 amide bonds. The summed E-state index contributed by atoms with van der Waals surface area (Å²) in [6.45, 7) is 2.74. The van der Waals surface area contributed by atoms with E-state index in [2.05, 4.69) is 15.1 Å². The molecule has 0 bridgehead atoms. The fraction of sp³-hybridized carbons (Fsp3) is 0.292. The molecule has 1 aliphatic heterocycles. The monoisotopic (exact) mass is 468 g/mol. The summed E-state index contributed by atoms with van der Waals surface area (Å²) < 4.78 is 44.8. The molecule has 3 heterocycles. The third-order valence-corrected chi connectivity index (χ3v) is 6.11. The number of aliphatic hydroxyl groups is 1. The van der Waals surface area contributed by atoms with Gasteiger partial charge < -0.3 is 9.67 Å². The SMILES string of the molecule is Cc1cn(-c2ccc(-c3nc4n(n3)CCN(C)C4c3ccccc3C(F)(F)F)cc2CO)cn1. The molecule has 10 heteroatoms. The fourth-order valence-corrected chi connectivity index (χ4v) is 4.45. The van der Waals surface area contributed by atoms with Gasteiger partial charge in [-0.25, -0.2) is 14.6 Å². The highest BCUT2D eigenvalue weighted by Crippen LogP contribution is 2.39. The lowest BCUT2D eigenvalue weighted by Crippen LogP contribution is -2.37. The van der Waals surface area contributed by atoms with E-state index in [0.717, 1.165) is 17.4 Å². The van der Waals surface area contributed by atoms with Gasteiger partial charge in [0.2, 0.25) is 0 Å². The number of aryl methyl sites for hydroxylation is 1. The van der Waals surface area contributed by atoms with Gasteiger partial charge in [0.15, 0.2) is 5.82 Å². The molecule has 34 heavy (non-hydrogen) atoms. The van der Waals surface area contributed by atoms with Gasteiger partial charge in [0, 0.05) is 23.9 Å². The highest BCUT2D eigenvalue weighted by atomic mass is 19.4. The lowest BCUT2D eigenvalue weighted by atomic mass is 9.97. The number of imidazole rings is 1. The van der Waals surface area contributed by atoms with Crippen LogP contribution >= 0.6 is 0 Å². The van der Waals surface area contributed by atoms with E-state index in [4.69, 9.17) is 0 Å². The molecule has 0 radical (unpaired) electrons. The van der Waals surface area contributed by atoms with Crippen molar-refractivity contribution in [3.8, 4) is 17.1 Å². The number of halogens is 3. The van der Waals surface area contributed by atoms with Crippen molar-refractivity contribution >= 4 is 0 Å². The lowest BCUT2D eigenvalue weighted by molar-refractivity contribution is -0.138. The largest absolute Gasteiger partial charge is 0.416 e. The Morgan fingerprint density at radius 2 is 1.91 bits per heavy atom. The van der Waals surface area contributed by atoms with Gasteiger partial charge in [0.05, 0.1) is 42.5 Å². The second kappa shape index (κ2) is 8.37. The lowest BCUT2D eigenvalue weighted by Gasteiger charge is -2.33. The van der Waals surface area contributed by atoms with Crippen molar-refractivity contribution in [3.05, 3.63) is 83.2 Å². The average Bonchev–Trinajstić information content (AvgIpc) is 3.44. The third kappa shape index (κ3) is 3.88. The Labute approximate surface area is 194 Å². The van der Waals surface area contributed by atoms with Crippen LogP contribution in [0.5, 0.6) is 0 Å². The molecule has 0 saturated carbocycles. The Morgan fingerprint density at radius 1 is 1.12 bits per heavy atom. The number of alkyl halides is 3. The van der Waals surface area contributed by atoms with Gasteiger partial charge >= 0.3 is 6.18 Å². The zero-order chi connectivity index (χ0) is 24.0. The molecule has 1 unspecified atom stereocenters. The molecule has 0 fully saturated rings. The molecule has 5 rings (SSSR count). The number of likely N-dealkylation sites (N-methyl/N-ethyl adjacent to an activating group) is 1. The first-order valence-corrected chi connectivity index (χ1v) is 10.8. The minimum absolute atomic E-state index is 0.152. The first-order chi connectivity index (χ1) is 16.3. The van der Waals surface area contributed by atoms with Gasteiger partial charge in [-0.2, -0.15) is 18.3 Å². The van der Waals surface area contributed by atoms with Crippen LogP contribution in [-0.4, -0.2) is 47.9 Å². The summed E-state index contributed by atoms with van der Waals surface area (Å²) in [7, 11) is 1.79. The molecule has 1 aliphatic rings. The summed E-state index contributed by atoms with van der Waals surface area (Å²) in [6.07, 6.45) is -0.935. The van der Waals surface area contributed by atoms with Crippen molar-refractivity contribution in [2.24, 2.45) is 0 Å². The van der Waals surface area contributed by atoms with Crippen LogP contribution in [0.2, 0.25) is 0 Å². The summed E-state index contributed by atoms with van der Waals surface area (Å²) >= 11 is 0. The third-order valence-electron chi connectivity index (χ3n) is 6.11. The number of aliphatic hydroxyl groups excluding tert-OH is 1. The Bertz CT molecular complexity index is 1340. The van der Waals surface area contributed by atoms with Crippen LogP contribution < -0.4 is 0 Å². The Hall–Kier alpha value is -3.50. The van der Waals surface area contributed by atoms with Gasteiger partial charge in [0.1, 0.15) is 5.82 Å². The highest BCUT2D eigenvalue weighted by molar-refractivity contribution is 5.60. The maximum absolute atomic E-state index is 13.7. The highest BCUT2D eigenvalue weighted by Gasteiger charge is 2.39. The van der Waals surface area contributed by atoms with E-state index in [1.165, 1.54) is 12.1 Å². The second-order valence-electron chi connectivity index (χ2n) is 8.41. The zero-order valence-electron chi connectivity index (χ0n) is 18.7. The molecular weight excluding hydrogens is 445 g/mol. The van der Waals surface area contributed by atoms with Crippen LogP contribution in [0, 0.1) is 6.92 Å². The summed E-state index contributed by atoms with van der Waals surface area (Å²) in [6, 6.07) is 10.4. The van der Waals surface area contributed by atoms with Gasteiger partial charge in [-0.3, -0.25) is 4.90 Å². The molecule has 1 N–H and O–H groups in total. The van der Waals surface area contributed by atoms with Crippen molar-refractivity contribution in [1.29, 1.82) is 0 Å². The molecule has 7 nitrogen and oxygen atoms in total. The Balaban J connectivity index is 1.57. The molecule has 176 valence electrons. The number of benzene rings is 2. The first-order valence-electron chi connectivity index (χ1n) is 10.8.